The molecule has 1 unspecified atom stereocenters. The summed E-state index contributed by atoms with van der Waals surface area (Å²) in [6.45, 7) is 3.06. The highest BCUT2D eigenvalue weighted by Gasteiger charge is 2.46. The Bertz CT molecular complexity index is 2040. The zero-order chi connectivity index (χ0) is 43.1. The number of imide groups is 1. The molecular weight excluding hydrogens is 779 g/mol. The Kier molecular flexibility index (Phi) is 14.2. The summed E-state index contributed by atoms with van der Waals surface area (Å²) in [5, 5.41) is 13.4. The predicted molar refractivity (Wildman–Crippen MR) is 193 cm³/mol. The van der Waals surface area contributed by atoms with Crippen LogP contribution in [0.5, 0.6) is 0 Å². The highest BCUT2D eigenvalue weighted by molar-refractivity contribution is 6.12. The van der Waals surface area contributed by atoms with Crippen molar-refractivity contribution in [2.45, 2.75) is 58.3 Å². The Balaban J connectivity index is 1.66. The molecule has 1 aliphatic heterocycles. The van der Waals surface area contributed by atoms with Crippen LogP contribution in [0, 0.1) is 17.0 Å². The fourth-order valence-corrected chi connectivity index (χ4v) is 5.96. The largest absolute Gasteiger partial charge is 0.491 e. The van der Waals surface area contributed by atoms with Gasteiger partial charge in [0.2, 0.25) is 5.91 Å². The molecule has 5 amide bonds. The zero-order valence-electron chi connectivity index (χ0n) is 31.4. The number of aromatic nitrogens is 2. The average molecular weight is 821 g/mol. The number of nitrogens with two attached hydrogens (primary N) is 2. The number of amides is 5. The highest BCUT2D eigenvalue weighted by Crippen LogP contribution is 2.40. The normalized spacial score (nSPS) is 14.6. The fourth-order valence-electron chi connectivity index (χ4n) is 5.96. The molecule has 312 valence electrons. The van der Waals surface area contributed by atoms with E-state index in [9.17, 15) is 51.4 Å². The number of nitrogens with one attached hydrogen (secondary N) is 1. The smallest absolute Gasteiger partial charge is 0.419 e. The van der Waals surface area contributed by atoms with Gasteiger partial charge in [-0.25, -0.2) is 24.4 Å². The number of rotatable bonds is 16. The fraction of sp³-hybridized carbons (Fsp3) is 0.378. The van der Waals surface area contributed by atoms with Crippen molar-refractivity contribution >= 4 is 35.5 Å². The first-order chi connectivity index (χ1) is 27.1. The van der Waals surface area contributed by atoms with Crippen LogP contribution >= 0.6 is 0 Å². The lowest BCUT2D eigenvalue weighted by Crippen LogP contribution is -2.54. The van der Waals surface area contributed by atoms with E-state index in [0.29, 0.717) is 10.6 Å². The van der Waals surface area contributed by atoms with Crippen molar-refractivity contribution in [3.63, 3.8) is 0 Å². The number of nitrogens with zero attached hydrogens (tertiary/aromatic N) is 5. The highest BCUT2D eigenvalue weighted by atomic mass is 19.4. The van der Waals surface area contributed by atoms with Gasteiger partial charge >= 0.3 is 12.1 Å². The maximum atomic E-state index is 15.1. The quantitative estimate of drug-likeness (QED) is 0.0310. The minimum atomic E-state index is -5.60. The lowest BCUT2D eigenvalue weighted by atomic mass is 9.84. The topological polar surface area (TPSA) is 223 Å². The van der Waals surface area contributed by atoms with E-state index in [1.807, 2.05) is 0 Å². The average Bonchev–Trinajstić information content (AvgIpc) is 3.70. The standard InChI is InChI=1S/C37H41F5N8O8/c1-36(2,3)30(31-46-26(23-17-22(38)9-10-24(23)39)19-47(31)18-21-7-5-4-6-8-21)49(33(55)34(56)58-35(57)37(40,41)42)15-13-25(43)32(54)50(44)20-27(51)45-14-16-48-28(52)11-12-29(48)53/h4-12,17,19,25,30,34,56H,13-16,18,20,43-44H2,1-3H3,(H,45,51)/t25-,30-,34?/m0/s1. The molecule has 58 heavy (non-hydrogen) atoms. The van der Waals surface area contributed by atoms with E-state index >= 15 is 4.39 Å². The lowest BCUT2D eigenvalue weighted by Gasteiger charge is -2.41. The van der Waals surface area contributed by atoms with Gasteiger partial charge in [-0.2, -0.15) is 13.2 Å². The first kappa shape index (κ1) is 44.7. The van der Waals surface area contributed by atoms with Gasteiger partial charge in [0.05, 0.1) is 17.8 Å². The molecule has 21 heteroatoms. The van der Waals surface area contributed by atoms with Crippen molar-refractivity contribution in [2.75, 3.05) is 26.2 Å². The van der Waals surface area contributed by atoms with E-state index in [4.69, 9.17) is 11.6 Å². The molecular formula is C37H41F5N8O8. The van der Waals surface area contributed by atoms with Crippen LogP contribution in [-0.2, 0) is 40.0 Å². The lowest BCUT2D eigenvalue weighted by molar-refractivity contribution is -0.222. The number of halogens is 5. The number of hydrogen-bond donors (Lipinski definition) is 4. The summed E-state index contributed by atoms with van der Waals surface area (Å²) in [5.41, 5.74) is 5.28. The number of benzene rings is 2. The number of hydrogen-bond acceptors (Lipinski definition) is 11. The van der Waals surface area contributed by atoms with E-state index in [2.05, 4.69) is 15.0 Å². The zero-order valence-corrected chi connectivity index (χ0v) is 31.4. The molecule has 0 aliphatic carbocycles. The first-order valence-corrected chi connectivity index (χ1v) is 17.5. The van der Waals surface area contributed by atoms with Crippen LogP contribution < -0.4 is 16.9 Å². The van der Waals surface area contributed by atoms with Gasteiger partial charge in [0, 0.05) is 50.1 Å². The van der Waals surface area contributed by atoms with Gasteiger partial charge in [-0.1, -0.05) is 51.1 Å². The van der Waals surface area contributed by atoms with Gasteiger partial charge in [-0.3, -0.25) is 33.9 Å². The van der Waals surface area contributed by atoms with Gasteiger partial charge in [0.25, 0.3) is 29.9 Å². The summed E-state index contributed by atoms with van der Waals surface area (Å²) < 4.78 is 74.4. The van der Waals surface area contributed by atoms with Crippen molar-refractivity contribution < 1.29 is 60.6 Å². The number of ether oxygens (including phenoxy) is 1. The number of alkyl halides is 3. The maximum Gasteiger partial charge on any atom is 0.491 e. The van der Waals surface area contributed by atoms with Crippen LogP contribution in [0.1, 0.15) is 44.6 Å². The molecule has 6 N–H and O–H groups in total. The Morgan fingerprint density at radius 1 is 0.983 bits per heavy atom. The number of imidazole rings is 1. The third kappa shape index (κ3) is 11.3. The molecule has 1 aromatic heterocycles. The van der Waals surface area contributed by atoms with Crippen molar-refractivity contribution in [1.82, 2.24) is 29.7 Å². The summed E-state index contributed by atoms with van der Waals surface area (Å²) in [6.07, 6.45) is -5.65. The molecule has 0 spiro atoms. The van der Waals surface area contributed by atoms with E-state index in [0.717, 1.165) is 40.2 Å². The molecule has 0 fully saturated rings. The van der Waals surface area contributed by atoms with E-state index in [1.165, 1.54) is 10.8 Å². The Morgan fingerprint density at radius 3 is 2.22 bits per heavy atom. The molecule has 2 aromatic carbocycles. The molecule has 1 aliphatic rings. The van der Waals surface area contributed by atoms with Gasteiger partial charge < -0.3 is 30.4 Å². The van der Waals surface area contributed by atoms with Crippen LogP contribution in [0.25, 0.3) is 11.3 Å². The van der Waals surface area contributed by atoms with Gasteiger partial charge in [0.1, 0.15) is 24.0 Å². The molecule has 16 nitrogen and oxygen atoms in total. The molecule has 3 aromatic rings. The van der Waals surface area contributed by atoms with Crippen LogP contribution in [0.2, 0.25) is 0 Å². The Hall–Kier alpha value is -6.06. The van der Waals surface area contributed by atoms with Crippen molar-refractivity contribution in [3.05, 3.63) is 89.9 Å². The second-order valence-electron chi connectivity index (χ2n) is 14.2. The van der Waals surface area contributed by atoms with Crippen molar-refractivity contribution in [1.29, 1.82) is 0 Å². The second-order valence-corrected chi connectivity index (χ2v) is 14.2. The maximum absolute atomic E-state index is 15.1. The van der Waals surface area contributed by atoms with Crippen LogP contribution in [0.15, 0.2) is 66.9 Å². The number of aliphatic hydroxyl groups excluding tert-OH is 1. The summed E-state index contributed by atoms with van der Waals surface area (Å²) >= 11 is 0. The van der Waals surface area contributed by atoms with Gasteiger partial charge in [0.15, 0.2) is 0 Å². The van der Waals surface area contributed by atoms with Gasteiger partial charge in [-0.15, -0.1) is 0 Å². The number of esters is 1. The van der Waals surface area contributed by atoms with E-state index < -0.39 is 96.6 Å². The summed E-state index contributed by atoms with van der Waals surface area (Å²) in [7, 11) is 0. The molecule has 0 radical (unpaired) electrons. The monoisotopic (exact) mass is 820 g/mol. The molecule has 0 bridgehead atoms. The Labute approximate surface area is 328 Å². The number of hydrazine groups is 1. The van der Waals surface area contributed by atoms with Crippen molar-refractivity contribution in [2.24, 2.45) is 17.0 Å². The number of aliphatic hydroxyl groups is 1. The first-order valence-electron chi connectivity index (χ1n) is 17.5. The summed E-state index contributed by atoms with van der Waals surface area (Å²) in [5.74, 6) is -3.33. The summed E-state index contributed by atoms with van der Waals surface area (Å²) in [6, 6.07) is 8.35. The van der Waals surface area contributed by atoms with Gasteiger partial charge in [-0.05, 0) is 35.6 Å². The second kappa shape index (κ2) is 18.5. The number of carbonyl (C=O) groups excluding carboxylic acids is 6. The SMILES string of the molecule is CC(C)(C)[C@H](c1nc(-c2cc(F)ccc2F)cn1Cc1ccccc1)N(CC[C@H](N)C(=O)N(N)CC(=O)NCCN1C(=O)C=CC1=O)C(=O)C(O)OC(=O)C(F)(F)F. The minimum Gasteiger partial charge on any atom is -0.419 e. The molecule has 2 heterocycles. The third-order valence-corrected chi connectivity index (χ3v) is 8.68. The van der Waals surface area contributed by atoms with E-state index in [1.54, 1.807) is 51.1 Å². The molecule has 0 saturated carbocycles. The summed E-state index contributed by atoms with van der Waals surface area (Å²) in [4.78, 5) is 80.9. The van der Waals surface area contributed by atoms with Crippen LogP contribution in [0.3, 0.4) is 0 Å². The van der Waals surface area contributed by atoms with Crippen LogP contribution in [0.4, 0.5) is 22.0 Å². The van der Waals surface area contributed by atoms with E-state index in [-0.39, 0.29) is 36.7 Å². The van der Waals surface area contributed by atoms with Crippen LogP contribution in [-0.4, -0.2) is 110 Å². The third-order valence-electron chi connectivity index (χ3n) is 8.68. The predicted octanol–water partition coefficient (Wildman–Crippen LogP) is 1.68. The molecule has 4 rings (SSSR count). The molecule has 0 saturated heterocycles. The van der Waals surface area contributed by atoms with Crippen molar-refractivity contribution in [3.8, 4) is 11.3 Å². The Morgan fingerprint density at radius 2 is 1.62 bits per heavy atom. The number of carbonyl (C=O) groups is 6. The minimum absolute atomic E-state index is 0.0179. The molecule has 3 atom stereocenters.